The molecule has 1 amide bonds. The van der Waals surface area contributed by atoms with Gasteiger partial charge in [-0.3, -0.25) is 4.79 Å². The molecule has 0 fully saturated rings. The van der Waals surface area contributed by atoms with Crippen LogP contribution in [0.25, 0.3) is 0 Å². The monoisotopic (exact) mass is 255 g/mol. The number of ether oxygens (including phenoxy) is 2. The van der Waals surface area contributed by atoms with Crippen LogP contribution in [0, 0.1) is 0 Å². The van der Waals surface area contributed by atoms with E-state index in [1.54, 1.807) is 19.1 Å². The number of benzene rings is 1. The largest absolute Gasteiger partial charge is 0.490 e. The molecule has 0 bridgehead atoms. The van der Waals surface area contributed by atoms with Crippen LogP contribution in [0.3, 0.4) is 0 Å². The third-order valence-electron chi connectivity index (χ3n) is 2.43. The van der Waals surface area contributed by atoms with E-state index in [0.29, 0.717) is 41.8 Å². The zero-order chi connectivity index (χ0) is 12.3. The molecule has 0 radical (unpaired) electrons. The molecule has 1 aliphatic rings. The van der Waals surface area contributed by atoms with Gasteiger partial charge in [0.25, 0.3) is 0 Å². The lowest BCUT2D eigenvalue weighted by Gasteiger charge is -2.11. The number of nitrogens with one attached hydrogen (secondary N) is 1. The smallest absolute Gasteiger partial charge is 0.224 e. The van der Waals surface area contributed by atoms with Crippen LogP contribution in [-0.4, -0.2) is 19.1 Å². The van der Waals surface area contributed by atoms with Gasteiger partial charge in [0, 0.05) is 25.0 Å². The van der Waals surface area contributed by atoms with Gasteiger partial charge in [-0.25, -0.2) is 0 Å². The van der Waals surface area contributed by atoms with Crippen molar-refractivity contribution in [3.63, 3.8) is 0 Å². The molecule has 4 nitrogen and oxygen atoms in total. The standard InChI is InChI=1S/C12H14ClNO3/c1-2-12(15)14-9-7-11-10(6-8(9)13)16-4-3-5-17-11/h6-7H,2-5H2,1H3,(H,14,15). The average Bonchev–Trinajstić information content (AvgIpc) is 2.54. The molecule has 0 spiro atoms. The molecular formula is C12H14ClNO3. The predicted molar refractivity (Wildman–Crippen MR) is 66.0 cm³/mol. The van der Waals surface area contributed by atoms with E-state index >= 15 is 0 Å². The number of rotatable bonds is 2. The summed E-state index contributed by atoms with van der Waals surface area (Å²) in [5, 5.41) is 3.18. The molecule has 1 aromatic rings. The number of hydrogen-bond acceptors (Lipinski definition) is 3. The highest BCUT2D eigenvalue weighted by Crippen LogP contribution is 2.37. The molecule has 17 heavy (non-hydrogen) atoms. The number of hydrogen-bond donors (Lipinski definition) is 1. The Hall–Kier alpha value is -1.42. The Bertz CT molecular complexity index is 434. The van der Waals surface area contributed by atoms with Gasteiger partial charge in [-0.15, -0.1) is 0 Å². The number of anilines is 1. The molecule has 0 atom stereocenters. The topological polar surface area (TPSA) is 47.6 Å². The minimum Gasteiger partial charge on any atom is -0.490 e. The van der Waals surface area contributed by atoms with Crippen molar-refractivity contribution in [2.24, 2.45) is 0 Å². The summed E-state index contributed by atoms with van der Waals surface area (Å²) >= 11 is 6.07. The van der Waals surface area contributed by atoms with Crippen LogP contribution in [0.4, 0.5) is 5.69 Å². The fourth-order valence-corrected chi connectivity index (χ4v) is 1.72. The zero-order valence-corrected chi connectivity index (χ0v) is 10.3. The number of carbonyl (C=O) groups excluding carboxylic acids is 1. The fourth-order valence-electron chi connectivity index (χ4n) is 1.52. The molecule has 2 rings (SSSR count). The maximum absolute atomic E-state index is 11.3. The molecular weight excluding hydrogens is 242 g/mol. The SMILES string of the molecule is CCC(=O)Nc1cc2c(cc1Cl)OCCCO2. The van der Waals surface area contributed by atoms with Crippen LogP contribution >= 0.6 is 11.6 Å². The third kappa shape index (κ3) is 2.82. The second-order valence-electron chi connectivity index (χ2n) is 3.73. The summed E-state index contributed by atoms with van der Waals surface area (Å²) in [5.41, 5.74) is 0.558. The van der Waals surface area contributed by atoms with Crippen molar-refractivity contribution in [1.82, 2.24) is 0 Å². The molecule has 0 aliphatic carbocycles. The van der Waals surface area contributed by atoms with Gasteiger partial charge in [0.15, 0.2) is 11.5 Å². The predicted octanol–water partition coefficient (Wildman–Crippen LogP) is 2.85. The van der Waals surface area contributed by atoms with E-state index in [4.69, 9.17) is 21.1 Å². The molecule has 1 heterocycles. The average molecular weight is 256 g/mol. The van der Waals surface area contributed by atoms with E-state index in [-0.39, 0.29) is 5.91 Å². The Morgan fingerprint density at radius 3 is 2.65 bits per heavy atom. The van der Waals surface area contributed by atoms with E-state index < -0.39 is 0 Å². The maximum Gasteiger partial charge on any atom is 0.224 e. The summed E-state index contributed by atoms with van der Waals surface area (Å²) in [6.45, 7) is 3.01. The number of fused-ring (bicyclic) bond motifs is 1. The van der Waals surface area contributed by atoms with Crippen molar-refractivity contribution in [3.8, 4) is 11.5 Å². The lowest BCUT2D eigenvalue weighted by Crippen LogP contribution is -2.10. The Balaban J connectivity index is 2.28. The maximum atomic E-state index is 11.3. The van der Waals surface area contributed by atoms with E-state index in [1.807, 2.05) is 0 Å². The van der Waals surface area contributed by atoms with Gasteiger partial charge in [0.05, 0.1) is 23.9 Å². The second-order valence-corrected chi connectivity index (χ2v) is 4.14. The van der Waals surface area contributed by atoms with E-state index in [2.05, 4.69) is 5.32 Å². The first-order valence-corrected chi connectivity index (χ1v) is 5.97. The molecule has 1 aliphatic heterocycles. The lowest BCUT2D eigenvalue weighted by atomic mass is 10.2. The summed E-state index contributed by atoms with van der Waals surface area (Å²) < 4.78 is 11.0. The summed E-state index contributed by atoms with van der Waals surface area (Å²) in [7, 11) is 0. The van der Waals surface area contributed by atoms with Crippen molar-refractivity contribution in [2.45, 2.75) is 19.8 Å². The minimum atomic E-state index is -0.0820. The highest BCUT2D eigenvalue weighted by molar-refractivity contribution is 6.34. The first-order valence-electron chi connectivity index (χ1n) is 5.59. The van der Waals surface area contributed by atoms with Gasteiger partial charge in [-0.05, 0) is 0 Å². The molecule has 0 aromatic heterocycles. The lowest BCUT2D eigenvalue weighted by molar-refractivity contribution is -0.115. The van der Waals surface area contributed by atoms with Crippen molar-refractivity contribution < 1.29 is 14.3 Å². The fraction of sp³-hybridized carbons (Fsp3) is 0.417. The van der Waals surface area contributed by atoms with Crippen molar-refractivity contribution in [3.05, 3.63) is 17.2 Å². The molecule has 92 valence electrons. The highest BCUT2D eigenvalue weighted by atomic mass is 35.5. The quantitative estimate of drug-likeness (QED) is 0.884. The second kappa shape index (κ2) is 5.27. The summed E-state index contributed by atoms with van der Waals surface area (Å²) in [4.78, 5) is 11.3. The summed E-state index contributed by atoms with van der Waals surface area (Å²) in [6, 6.07) is 3.38. The van der Waals surface area contributed by atoms with Crippen LogP contribution in [-0.2, 0) is 4.79 Å². The number of halogens is 1. The molecule has 1 N–H and O–H groups in total. The van der Waals surface area contributed by atoms with E-state index in [1.165, 1.54) is 0 Å². The normalized spacial score (nSPS) is 14.0. The van der Waals surface area contributed by atoms with Gasteiger partial charge in [-0.1, -0.05) is 18.5 Å². The van der Waals surface area contributed by atoms with Gasteiger partial charge >= 0.3 is 0 Å². The third-order valence-corrected chi connectivity index (χ3v) is 2.75. The minimum absolute atomic E-state index is 0.0820. The van der Waals surface area contributed by atoms with Crippen LogP contribution in [0.15, 0.2) is 12.1 Å². The van der Waals surface area contributed by atoms with Crippen molar-refractivity contribution >= 4 is 23.2 Å². The Kier molecular flexibility index (Phi) is 3.74. The number of amides is 1. The van der Waals surface area contributed by atoms with Crippen molar-refractivity contribution in [2.75, 3.05) is 18.5 Å². The van der Waals surface area contributed by atoms with Crippen molar-refractivity contribution in [1.29, 1.82) is 0 Å². The Labute approximate surface area is 105 Å². The molecule has 0 saturated carbocycles. The first-order chi connectivity index (χ1) is 8.20. The molecule has 0 unspecified atom stereocenters. The van der Waals surface area contributed by atoms with E-state index in [9.17, 15) is 4.79 Å². The molecule has 5 heteroatoms. The highest BCUT2D eigenvalue weighted by Gasteiger charge is 2.14. The van der Waals surface area contributed by atoms with Crippen LogP contribution in [0.2, 0.25) is 5.02 Å². The van der Waals surface area contributed by atoms with Gasteiger partial charge < -0.3 is 14.8 Å². The summed E-state index contributed by atoms with van der Waals surface area (Å²) in [6.07, 6.45) is 1.24. The van der Waals surface area contributed by atoms with Gasteiger partial charge in [-0.2, -0.15) is 0 Å². The van der Waals surface area contributed by atoms with E-state index in [0.717, 1.165) is 6.42 Å². The summed E-state index contributed by atoms with van der Waals surface area (Å²) in [5.74, 6) is 1.17. The van der Waals surface area contributed by atoms with Gasteiger partial charge in [0.2, 0.25) is 5.91 Å². The van der Waals surface area contributed by atoms with Crippen LogP contribution < -0.4 is 14.8 Å². The molecule has 1 aromatic carbocycles. The Morgan fingerprint density at radius 1 is 1.35 bits per heavy atom. The number of carbonyl (C=O) groups is 1. The van der Waals surface area contributed by atoms with Gasteiger partial charge in [0.1, 0.15) is 0 Å². The zero-order valence-electron chi connectivity index (χ0n) is 9.59. The van der Waals surface area contributed by atoms with Crippen LogP contribution in [0.5, 0.6) is 11.5 Å². The van der Waals surface area contributed by atoms with Crippen LogP contribution in [0.1, 0.15) is 19.8 Å². The Morgan fingerprint density at radius 2 is 2.00 bits per heavy atom. The first kappa shape index (κ1) is 12.0. The molecule has 0 saturated heterocycles.